The van der Waals surface area contributed by atoms with Crippen LogP contribution in [0.2, 0.25) is 0 Å². The molecule has 1 aromatic heterocycles. The first kappa shape index (κ1) is 7.63. The molecule has 13 heavy (non-hydrogen) atoms. The molecule has 1 aliphatic carbocycles. The third-order valence-corrected chi connectivity index (χ3v) is 3.43. The largest absolute Gasteiger partial charge is 0.467 e. The molecule has 0 amide bonds. The van der Waals surface area contributed by atoms with Gasteiger partial charge in [-0.15, -0.1) is 0 Å². The SMILES string of the molecule is CC1CC2(C1)NCCc1ccoc12. The van der Waals surface area contributed by atoms with E-state index in [-0.39, 0.29) is 5.54 Å². The van der Waals surface area contributed by atoms with Gasteiger partial charge in [-0.3, -0.25) is 0 Å². The van der Waals surface area contributed by atoms with Crippen molar-refractivity contribution in [2.75, 3.05) is 6.54 Å². The average Bonchev–Trinajstić information content (AvgIpc) is 2.50. The van der Waals surface area contributed by atoms with E-state index in [0.29, 0.717) is 0 Å². The Morgan fingerprint density at radius 1 is 1.54 bits per heavy atom. The fourth-order valence-electron chi connectivity index (χ4n) is 2.93. The first-order valence-corrected chi connectivity index (χ1v) is 5.12. The Morgan fingerprint density at radius 3 is 3.15 bits per heavy atom. The van der Waals surface area contributed by atoms with Crippen molar-refractivity contribution in [2.45, 2.75) is 31.7 Å². The van der Waals surface area contributed by atoms with Gasteiger partial charge >= 0.3 is 0 Å². The molecule has 1 N–H and O–H groups in total. The van der Waals surface area contributed by atoms with Crippen molar-refractivity contribution >= 4 is 0 Å². The Morgan fingerprint density at radius 2 is 2.38 bits per heavy atom. The first-order valence-electron chi connectivity index (χ1n) is 5.12. The molecule has 0 saturated heterocycles. The molecular formula is C11H15NO. The number of nitrogens with one attached hydrogen (secondary N) is 1. The summed E-state index contributed by atoms with van der Waals surface area (Å²) in [6, 6.07) is 2.13. The van der Waals surface area contributed by atoms with Gasteiger partial charge in [-0.25, -0.2) is 0 Å². The molecule has 0 radical (unpaired) electrons. The average molecular weight is 177 g/mol. The summed E-state index contributed by atoms with van der Waals surface area (Å²) in [5.74, 6) is 2.07. The Labute approximate surface area is 78.3 Å². The lowest BCUT2D eigenvalue weighted by molar-refractivity contribution is 0.0811. The number of furan rings is 1. The Kier molecular flexibility index (Phi) is 1.40. The Bertz CT molecular complexity index is 323. The van der Waals surface area contributed by atoms with Crippen LogP contribution in [-0.2, 0) is 12.0 Å². The smallest absolute Gasteiger partial charge is 0.127 e. The summed E-state index contributed by atoms with van der Waals surface area (Å²) < 4.78 is 5.60. The van der Waals surface area contributed by atoms with Gasteiger partial charge in [0.15, 0.2) is 0 Å². The molecule has 3 rings (SSSR count). The van der Waals surface area contributed by atoms with Gasteiger partial charge in [0.1, 0.15) is 5.76 Å². The molecule has 1 saturated carbocycles. The maximum Gasteiger partial charge on any atom is 0.127 e. The van der Waals surface area contributed by atoms with Crippen LogP contribution >= 0.6 is 0 Å². The molecule has 1 spiro atoms. The molecule has 0 atom stereocenters. The van der Waals surface area contributed by atoms with Crippen molar-refractivity contribution in [1.29, 1.82) is 0 Å². The molecule has 2 heterocycles. The van der Waals surface area contributed by atoms with E-state index in [1.165, 1.54) is 24.2 Å². The Hall–Kier alpha value is -0.760. The minimum atomic E-state index is 0.219. The third-order valence-electron chi connectivity index (χ3n) is 3.43. The highest BCUT2D eigenvalue weighted by atomic mass is 16.3. The van der Waals surface area contributed by atoms with Gasteiger partial charge in [0.05, 0.1) is 11.8 Å². The standard InChI is InChI=1S/C11H15NO/c1-8-6-11(7-8)10-9(2-4-12-11)3-5-13-10/h3,5,8,12H,2,4,6-7H2,1H3. The van der Waals surface area contributed by atoms with E-state index in [1.807, 2.05) is 6.26 Å². The summed E-state index contributed by atoms with van der Waals surface area (Å²) in [5, 5.41) is 3.61. The maximum atomic E-state index is 5.60. The van der Waals surface area contributed by atoms with Crippen LogP contribution in [0.3, 0.4) is 0 Å². The third kappa shape index (κ3) is 0.923. The van der Waals surface area contributed by atoms with E-state index < -0.39 is 0 Å². The topological polar surface area (TPSA) is 25.2 Å². The monoisotopic (exact) mass is 177 g/mol. The summed E-state index contributed by atoms with van der Waals surface area (Å²) in [6.07, 6.45) is 5.45. The number of hydrogen-bond acceptors (Lipinski definition) is 2. The minimum Gasteiger partial charge on any atom is -0.467 e. The summed E-state index contributed by atoms with van der Waals surface area (Å²) in [6.45, 7) is 3.42. The van der Waals surface area contributed by atoms with Gasteiger partial charge in [-0.05, 0) is 36.8 Å². The van der Waals surface area contributed by atoms with Gasteiger partial charge < -0.3 is 9.73 Å². The van der Waals surface area contributed by atoms with Crippen LogP contribution in [0, 0.1) is 5.92 Å². The highest BCUT2D eigenvalue weighted by Gasteiger charge is 2.48. The van der Waals surface area contributed by atoms with Crippen molar-refractivity contribution in [2.24, 2.45) is 5.92 Å². The zero-order valence-corrected chi connectivity index (χ0v) is 7.97. The van der Waals surface area contributed by atoms with Crippen LogP contribution in [0.25, 0.3) is 0 Å². The minimum absolute atomic E-state index is 0.219. The fourth-order valence-corrected chi connectivity index (χ4v) is 2.93. The van der Waals surface area contributed by atoms with E-state index in [2.05, 4.69) is 18.3 Å². The van der Waals surface area contributed by atoms with E-state index in [9.17, 15) is 0 Å². The predicted octanol–water partition coefficient (Wildman–Crippen LogP) is 2.05. The number of fused-ring (bicyclic) bond motifs is 2. The van der Waals surface area contributed by atoms with Crippen LogP contribution in [-0.4, -0.2) is 6.54 Å². The van der Waals surface area contributed by atoms with Crippen molar-refractivity contribution in [3.8, 4) is 0 Å². The highest BCUT2D eigenvalue weighted by molar-refractivity contribution is 5.30. The zero-order chi connectivity index (χ0) is 8.89. The van der Waals surface area contributed by atoms with Gasteiger partial charge in [0.2, 0.25) is 0 Å². The summed E-state index contributed by atoms with van der Waals surface area (Å²) >= 11 is 0. The van der Waals surface area contributed by atoms with Crippen LogP contribution < -0.4 is 5.32 Å². The molecule has 0 bridgehead atoms. The van der Waals surface area contributed by atoms with Crippen molar-refractivity contribution in [1.82, 2.24) is 5.32 Å². The van der Waals surface area contributed by atoms with Crippen LogP contribution in [0.1, 0.15) is 31.1 Å². The lowest BCUT2D eigenvalue weighted by Gasteiger charge is -2.48. The van der Waals surface area contributed by atoms with Crippen molar-refractivity contribution in [3.05, 3.63) is 23.7 Å². The molecule has 1 aliphatic heterocycles. The Balaban J connectivity index is 2.01. The lowest BCUT2D eigenvalue weighted by Crippen LogP contribution is -2.54. The number of rotatable bonds is 0. The highest BCUT2D eigenvalue weighted by Crippen LogP contribution is 2.48. The first-order chi connectivity index (χ1) is 6.30. The second-order valence-electron chi connectivity index (χ2n) is 4.55. The molecule has 0 unspecified atom stereocenters. The van der Waals surface area contributed by atoms with Gasteiger partial charge in [0, 0.05) is 6.54 Å². The van der Waals surface area contributed by atoms with Gasteiger partial charge in [0.25, 0.3) is 0 Å². The fraction of sp³-hybridized carbons (Fsp3) is 0.636. The summed E-state index contributed by atoms with van der Waals surface area (Å²) in [7, 11) is 0. The van der Waals surface area contributed by atoms with Crippen molar-refractivity contribution < 1.29 is 4.42 Å². The maximum absolute atomic E-state index is 5.60. The quantitative estimate of drug-likeness (QED) is 0.656. The lowest BCUT2D eigenvalue weighted by atomic mass is 9.65. The van der Waals surface area contributed by atoms with Gasteiger partial charge in [-0.1, -0.05) is 6.92 Å². The summed E-state index contributed by atoms with van der Waals surface area (Å²) in [4.78, 5) is 0. The molecule has 2 nitrogen and oxygen atoms in total. The van der Waals surface area contributed by atoms with E-state index in [4.69, 9.17) is 4.42 Å². The molecule has 2 heteroatoms. The van der Waals surface area contributed by atoms with Crippen LogP contribution in [0.4, 0.5) is 0 Å². The molecule has 2 aliphatic rings. The molecule has 1 fully saturated rings. The van der Waals surface area contributed by atoms with E-state index in [0.717, 1.165) is 18.9 Å². The zero-order valence-electron chi connectivity index (χ0n) is 7.97. The van der Waals surface area contributed by atoms with E-state index in [1.54, 1.807) is 0 Å². The second-order valence-corrected chi connectivity index (χ2v) is 4.55. The summed E-state index contributed by atoms with van der Waals surface area (Å²) in [5.41, 5.74) is 1.64. The van der Waals surface area contributed by atoms with Crippen LogP contribution in [0.5, 0.6) is 0 Å². The van der Waals surface area contributed by atoms with Gasteiger partial charge in [-0.2, -0.15) is 0 Å². The normalized spacial score (nSPS) is 37.2. The second kappa shape index (κ2) is 2.38. The molecular weight excluding hydrogens is 162 g/mol. The van der Waals surface area contributed by atoms with E-state index >= 15 is 0 Å². The van der Waals surface area contributed by atoms with Crippen molar-refractivity contribution in [3.63, 3.8) is 0 Å². The molecule has 70 valence electrons. The predicted molar refractivity (Wildman–Crippen MR) is 50.5 cm³/mol. The molecule has 1 aromatic rings. The van der Waals surface area contributed by atoms with Crippen LogP contribution in [0.15, 0.2) is 16.7 Å². The molecule has 0 aromatic carbocycles. The number of hydrogen-bond donors (Lipinski definition) is 1.